The second-order valence-electron chi connectivity index (χ2n) is 1.50. The number of hydrogen-bond donors (Lipinski definition) is 0. The third-order valence-electron chi connectivity index (χ3n) is 0.779. The normalized spacial score (nSPS) is 8.44. The molecule has 0 atom stereocenters. The Kier molecular flexibility index (Phi) is 1.36. The molecule has 1 aromatic heterocycles. The fourth-order valence-electron chi connectivity index (χ4n) is 0.447. The third-order valence-corrected chi connectivity index (χ3v) is 0.779. The van der Waals surface area contributed by atoms with Crippen molar-refractivity contribution in [3.05, 3.63) is 17.7 Å². The maximum absolute atomic E-state index is 8.28. The molecule has 0 saturated heterocycles. The van der Waals surface area contributed by atoms with Crippen molar-refractivity contribution in [1.29, 1.82) is 5.26 Å². The van der Waals surface area contributed by atoms with Crippen LogP contribution in [0.2, 0.25) is 0 Å². The number of hydrogen-bond acceptors (Lipinski definition) is 4. The molecule has 44 valence electrons. The topological polar surface area (TPSA) is 62.5 Å². The molecule has 0 spiro atoms. The Bertz CT molecular complexity index is 249. The highest BCUT2D eigenvalue weighted by Crippen LogP contribution is 1.86. The highest BCUT2D eigenvalue weighted by Gasteiger charge is 1.90. The minimum atomic E-state index is 0.308. The van der Waals surface area contributed by atoms with Crippen molar-refractivity contribution in [3.63, 3.8) is 0 Å². The first-order valence-corrected chi connectivity index (χ1v) is 2.39. The molecule has 0 aliphatic carbocycles. The van der Waals surface area contributed by atoms with Crippen LogP contribution in [-0.4, -0.2) is 15.2 Å². The zero-order valence-corrected chi connectivity index (χ0v) is 4.87. The predicted octanol–water partition coefficient (Wildman–Crippen LogP) is 0.0517. The number of nitrogens with zero attached hydrogens (tertiary/aromatic N) is 4. The Morgan fingerprint density at radius 1 is 1.67 bits per heavy atom. The maximum atomic E-state index is 8.28. The number of aromatic nitrogens is 3. The lowest BCUT2D eigenvalue weighted by molar-refractivity contribution is 0.897. The van der Waals surface area contributed by atoms with Gasteiger partial charge in [-0.15, -0.1) is 5.10 Å². The largest absolute Gasteiger partial charge is 0.219 e. The molecular formula is C5H4N4. The van der Waals surface area contributed by atoms with Gasteiger partial charge in [0.1, 0.15) is 11.9 Å². The smallest absolute Gasteiger partial charge is 0.162 e. The summed E-state index contributed by atoms with van der Waals surface area (Å²) in [5, 5.41) is 15.4. The van der Waals surface area contributed by atoms with E-state index in [-0.39, 0.29) is 0 Å². The Hall–Kier alpha value is -1.50. The van der Waals surface area contributed by atoms with E-state index in [9.17, 15) is 0 Å². The van der Waals surface area contributed by atoms with Crippen LogP contribution in [0, 0.1) is 18.3 Å². The van der Waals surface area contributed by atoms with Crippen LogP contribution in [-0.2, 0) is 0 Å². The summed E-state index contributed by atoms with van der Waals surface area (Å²) in [4.78, 5) is 3.76. The summed E-state index contributed by atoms with van der Waals surface area (Å²) >= 11 is 0. The lowest BCUT2D eigenvalue weighted by Crippen LogP contribution is -1.92. The molecule has 0 aliphatic rings. The van der Waals surface area contributed by atoms with E-state index in [0.717, 1.165) is 0 Å². The highest BCUT2D eigenvalue weighted by molar-refractivity contribution is 5.14. The van der Waals surface area contributed by atoms with Crippen LogP contribution in [0.4, 0.5) is 0 Å². The first-order valence-electron chi connectivity index (χ1n) is 2.39. The summed E-state index contributed by atoms with van der Waals surface area (Å²) in [5.41, 5.74) is 0.308. The van der Waals surface area contributed by atoms with Crippen molar-refractivity contribution in [2.45, 2.75) is 6.92 Å². The standard InChI is InChI=1S/C5H4N4/c1-4-8-5(2-6)3-7-9-4/h3H,1H3. The molecule has 1 aromatic rings. The van der Waals surface area contributed by atoms with Gasteiger partial charge in [-0.2, -0.15) is 10.4 Å². The zero-order valence-electron chi connectivity index (χ0n) is 4.87. The van der Waals surface area contributed by atoms with Crippen molar-refractivity contribution >= 4 is 0 Å². The number of rotatable bonds is 0. The molecule has 4 nitrogen and oxygen atoms in total. The number of aryl methyl sites for hydroxylation is 1. The van der Waals surface area contributed by atoms with Gasteiger partial charge in [-0.1, -0.05) is 0 Å². The van der Waals surface area contributed by atoms with Crippen molar-refractivity contribution in [2.24, 2.45) is 0 Å². The average molecular weight is 120 g/mol. The van der Waals surface area contributed by atoms with E-state index in [2.05, 4.69) is 15.2 Å². The second kappa shape index (κ2) is 2.18. The summed E-state index contributed by atoms with van der Waals surface area (Å²) in [6.07, 6.45) is 1.33. The van der Waals surface area contributed by atoms with E-state index >= 15 is 0 Å². The fraction of sp³-hybridized carbons (Fsp3) is 0.200. The molecule has 0 N–H and O–H groups in total. The van der Waals surface area contributed by atoms with Gasteiger partial charge >= 0.3 is 0 Å². The molecule has 1 heterocycles. The molecule has 0 bridgehead atoms. The van der Waals surface area contributed by atoms with Gasteiger partial charge in [0.25, 0.3) is 0 Å². The molecule has 0 fully saturated rings. The van der Waals surface area contributed by atoms with Crippen LogP contribution in [0.25, 0.3) is 0 Å². The average Bonchev–Trinajstić information content (AvgIpc) is 1.88. The quantitative estimate of drug-likeness (QED) is 0.485. The SMILES string of the molecule is Cc1nncc(C#N)n1. The Morgan fingerprint density at radius 2 is 2.44 bits per heavy atom. The lowest BCUT2D eigenvalue weighted by Gasteiger charge is -1.85. The van der Waals surface area contributed by atoms with Crippen molar-refractivity contribution in [1.82, 2.24) is 15.2 Å². The van der Waals surface area contributed by atoms with Gasteiger partial charge in [-0.3, -0.25) is 0 Å². The van der Waals surface area contributed by atoms with E-state index in [1.54, 1.807) is 6.92 Å². The van der Waals surface area contributed by atoms with Crippen molar-refractivity contribution in [2.75, 3.05) is 0 Å². The second-order valence-corrected chi connectivity index (χ2v) is 1.50. The van der Waals surface area contributed by atoms with Crippen LogP contribution < -0.4 is 0 Å². The van der Waals surface area contributed by atoms with Crippen LogP contribution >= 0.6 is 0 Å². The number of nitriles is 1. The summed E-state index contributed by atoms with van der Waals surface area (Å²) in [7, 11) is 0. The van der Waals surface area contributed by atoms with E-state index in [0.29, 0.717) is 11.5 Å². The van der Waals surface area contributed by atoms with Crippen LogP contribution in [0.15, 0.2) is 6.20 Å². The fourth-order valence-corrected chi connectivity index (χ4v) is 0.447. The molecule has 0 saturated carbocycles. The first-order chi connectivity index (χ1) is 4.33. The summed E-state index contributed by atoms with van der Waals surface area (Å²) in [5.74, 6) is 0.522. The van der Waals surface area contributed by atoms with Gasteiger partial charge in [-0.05, 0) is 6.92 Å². The molecule has 0 aliphatic heterocycles. The Balaban J connectivity index is 3.12. The van der Waals surface area contributed by atoms with Gasteiger partial charge in [0.15, 0.2) is 5.69 Å². The van der Waals surface area contributed by atoms with Crippen LogP contribution in [0.5, 0.6) is 0 Å². The molecule has 4 heteroatoms. The molecule has 1 rings (SSSR count). The van der Waals surface area contributed by atoms with Crippen LogP contribution in [0.3, 0.4) is 0 Å². The van der Waals surface area contributed by atoms with Gasteiger partial charge in [-0.25, -0.2) is 4.98 Å². The van der Waals surface area contributed by atoms with E-state index < -0.39 is 0 Å². The molecule has 9 heavy (non-hydrogen) atoms. The zero-order chi connectivity index (χ0) is 6.69. The predicted molar refractivity (Wildman–Crippen MR) is 29.3 cm³/mol. The molecule has 0 amide bonds. The van der Waals surface area contributed by atoms with E-state index in [4.69, 9.17) is 5.26 Å². The van der Waals surface area contributed by atoms with Crippen molar-refractivity contribution < 1.29 is 0 Å². The Morgan fingerprint density at radius 3 is 2.89 bits per heavy atom. The molecule has 0 aromatic carbocycles. The summed E-state index contributed by atoms with van der Waals surface area (Å²) in [6.45, 7) is 1.69. The highest BCUT2D eigenvalue weighted by atomic mass is 15.1. The van der Waals surface area contributed by atoms with Gasteiger partial charge in [0.05, 0.1) is 6.20 Å². The lowest BCUT2D eigenvalue weighted by atomic mass is 10.5. The summed E-state index contributed by atoms with van der Waals surface area (Å²) < 4.78 is 0. The summed E-state index contributed by atoms with van der Waals surface area (Å²) in [6, 6.07) is 1.85. The molecule has 0 radical (unpaired) electrons. The van der Waals surface area contributed by atoms with Crippen molar-refractivity contribution in [3.8, 4) is 6.07 Å². The molecular weight excluding hydrogens is 116 g/mol. The maximum Gasteiger partial charge on any atom is 0.162 e. The van der Waals surface area contributed by atoms with Gasteiger partial charge in [0.2, 0.25) is 0 Å². The molecule has 0 unspecified atom stereocenters. The van der Waals surface area contributed by atoms with Crippen LogP contribution in [0.1, 0.15) is 11.5 Å². The first kappa shape index (κ1) is 5.63. The minimum Gasteiger partial charge on any atom is -0.219 e. The van der Waals surface area contributed by atoms with E-state index in [1.807, 2.05) is 6.07 Å². The minimum absolute atomic E-state index is 0.308. The monoisotopic (exact) mass is 120 g/mol. The van der Waals surface area contributed by atoms with Gasteiger partial charge < -0.3 is 0 Å². The van der Waals surface area contributed by atoms with Gasteiger partial charge in [0, 0.05) is 0 Å². The van der Waals surface area contributed by atoms with E-state index in [1.165, 1.54) is 6.20 Å². The Labute approximate surface area is 52.2 Å². The third kappa shape index (κ3) is 1.19.